The van der Waals surface area contributed by atoms with E-state index in [1.807, 2.05) is 0 Å². The Hall–Kier alpha value is -1.10. The largest absolute Gasteiger partial charge is 0.481 e. The quantitative estimate of drug-likeness (QED) is 0.753. The van der Waals surface area contributed by atoms with Gasteiger partial charge in [-0.25, -0.2) is 0 Å². The fourth-order valence-corrected chi connectivity index (χ4v) is 3.19. The Morgan fingerprint density at radius 1 is 1.12 bits per heavy atom. The maximum Gasteiger partial charge on any atom is 0.307 e. The summed E-state index contributed by atoms with van der Waals surface area (Å²) in [6.45, 7) is 0. The molecule has 5 atom stereocenters. The number of fused-ring (bicyclic) bond motifs is 2. The highest BCUT2D eigenvalue weighted by Crippen LogP contribution is 2.37. The van der Waals surface area contributed by atoms with Crippen LogP contribution in [0.15, 0.2) is 0 Å². The van der Waals surface area contributed by atoms with Gasteiger partial charge >= 0.3 is 5.97 Å². The van der Waals surface area contributed by atoms with E-state index in [-0.39, 0.29) is 24.0 Å². The Morgan fingerprint density at radius 2 is 1.88 bits per heavy atom. The maximum absolute atomic E-state index is 11.9. The summed E-state index contributed by atoms with van der Waals surface area (Å²) >= 11 is 0. The van der Waals surface area contributed by atoms with Crippen molar-refractivity contribution in [3.8, 4) is 0 Å². The SMILES string of the molecule is O=C(O)C1CCC1C(=O)NC1CC2CCC1O2. The lowest BCUT2D eigenvalue weighted by Gasteiger charge is -2.33. The van der Waals surface area contributed by atoms with Crippen molar-refractivity contribution in [3.05, 3.63) is 0 Å². The standard InChI is InChI=1S/C12H17NO4/c14-11(7-2-3-8(7)12(15)16)13-9-5-6-1-4-10(9)17-6/h6-10H,1-5H2,(H,13,14)(H,15,16). The van der Waals surface area contributed by atoms with E-state index in [2.05, 4.69) is 5.32 Å². The number of aliphatic carboxylic acids is 1. The van der Waals surface area contributed by atoms with Gasteiger partial charge in [0.25, 0.3) is 0 Å². The molecule has 3 rings (SSSR count). The number of carbonyl (C=O) groups excluding carboxylic acids is 1. The van der Waals surface area contributed by atoms with Crippen LogP contribution in [0.25, 0.3) is 0 Å². The molecule has 1 aliphatic carbocycles. The molecule has 1 amide bonds. The first-order chi connectivity index (χ1) is 8.15. The molecule has 0 aromatic carbocycles. The molecular formula is C12H17NO4. The van der Waals surface area contributed by atoms with Gasteiger partial charge in [0.1, 0.15) is 0 Å². The minimum absolute atomic E-state index is 0.0928. The summed E-state index contributed by atoms with van der Waals surface area (Å²) < 4.78 is 5.66. The number of carboxylic acid groups (broad SMARTS) is 1. The molecule has 2 saturated heterocycles. The average molecular weight is 239 g/mol. The predicted molar refractivity (Wildman–Crippen MR) is 58.3 cm³/mol. The van der Waals surface area contributed by atoms with Crippen LogP contribution in [0.1, 0.15) is 32.1 Å². The summed E-state index contributed by atoms with van der Waals surface area (Å²) in [7, 11) is 0. The molecule has 0 aromatic heterocycles. The van der Waals surface area contributed by atoms with E-state index in [0.29, 0.717) is 18.9 Å². The van der Waals surface area contributed by atoms with Gasteiger partial charge in [0, 0.05) is 0 Å². The van der Waals surface area contributed by atoms with Gasteiger partial charge in [-0.05, 0) is 32.1 Å². The molecule has 3 fully saturated rings. The van der Waals surface area contributed by atoms with E-state index in [1.165, 1.54) is 0 Å². The molecule has 2 N–H and O–H groups in total. The first kappa shape index (κ1) is 11.0. The Kier molecular flexibility index (Phi) is 2.58. The maximum atomic E-state index is 11.9. The molecule has 2 bridgehead atoms. The second kappa shape index (κ2) is 3.98. The van der Waals surface area contributed by atoms with E-state index in [9.17, 15) is 9.59 Å². The van der Waals surface area contributed by atoms with Crippen LogP contribution in [-0.2, 0) is 14.3 Å². The van der Waals surface area contributed by atoms with E-state index < -0.39 is 11.9 Å². The van der Waals surface area contributed by atoms with Gasteiger partial charge in [-0.2, -0.15) is 0 Å². The van der Waals surface area contributed by atoms with Crippen molar-refractivity contribution in [1.29, 1.82) is 0 Å². The minimum Gasteiger partial charge on any atom is -0.481 e. The third kappa shape index (κ3) is 1.82. The van der Waals surface area contributed by atoms with Crippen LogP contribution in [0.5, 0.6) is 0 Å². The molecule has 0 aromatic rings. The van der Waals surface area contributed by atoms with Gasteiger partial charge in [-0.3, -0.25) is 9.59 Å². The predicted octanol–water partition coefficient (Wildman–Crippen LogP) is 0.533. The first-order valence-corrected chi connectivity index (χ1v) is 6.34. The van der Waals surface area contributed by atoms with Gasteiger partial charge in [0.05, 0.1) is 30.1 Å². The summed E-state index contributed by atoms with van der Waals surface area (Å²) in [4.78, 5) is 22.8. The van der Waals surface area contributed by atoms with Crippen molar-refractivity contribution in [1.82, 2.24) is 5.32 Å². The smallest absolute Gasteiger partial charge is 0.307 e. The molecule has 3 aliphatic rings. The second-order valence-corrected chi connectivity index (χ2v) is 5.35. The number of nitrogens with one attached hydrogen (secondary N) is 1. The van der Waals surface area contributed by atoms with Gasteiger partial charge in [-0.1, -0.05) is 0 Å². The van der Waals surface area contributed by atoms with Crippen molar-refractivity contribution in [2.75, 3.05) is 0 Å². The van der Waals surface area contributed by atoms with Crippen molar-refractivity contribution in [2.45, 2.75) is 50.4 Å². The number of ether oxygens (including phenoxy) is 1. The van der Waals surface area contributed by atoms with E-state index >= 15 is 0 Å². The van der Waals surface area contributed by atoms with E-state index in [0.717, 1.165) is 19.3 Å². The normalized spacial score (nSPS) is 43.2. The molecule has 2 heterocycles. The summed E-state index contributed by atoms with van der Waals surface area (Å²) in [5.41, 5.74) is 0. The highest BCUT2D eigenvalue weighted by molar-refractivity contribution is 5.86. The molecule has 0 radical (unpaired) electrons. The molecule has 1 saturated carbocycles. The average Bonchev–Trinajstić information content (AvgIpc) is 2.75. The summed E-state index contributed by atoms with van der Waals surface area (Å²) in [5.74, 6) is -1.74. The monoisotopic (exact) mass is 239 g/mol. The number of hydrogen-bond acceptors (Lipinski definition) is 3. The molecule has 5 heteroatoms. The lowest BCUT2D eigenvalue weighted by atomic mass is 9.73. The Morgan fingerprint density at radius 3 is 2.35 bits per heavy atom. The molecule has 94 valence electrons. The highest BCUT2D eigenvalue weighted by Gasteiger charge is 2.45. The van der Waals surface area contributed by atoms with Gasteiger partial charge in [-0.15, -0.1) is 0 Å². The molecular weight excluding hydrogens is 222 g/mol. The number of rotatable bonds is 3. The number of carbonyl (C=O) groups is 2. The van der Waals surface area contributed by atoms with E-state index in [1.54, 1.807) is 0 Å². The van der Waals surface area contributed by atoms with Gasteiger partial charge in [0.2, 0.25) is 5.91 Å². The number of carboxylic acids is 1. The summed E-state index contributed by atoms with van der Waals surface area (Å²) in [6, 6.07) is 0.108. The lowest BCUT2D eigenvalue weighted by Crippen LogP contribution is -2.49. The molecule has 0 spiro atoms. The first-order valence-electron chi connectivity index (χ1n) is 6.34. The summed E-state index contributed by atoms with van der Waals surface area (Å²) in [6.07, 6.45) is 4.79. The third-order valence-corrected chi connectivity index (χ3v) is 4.36. The van der Waals surface area contributed by atoms with Crippen LogP contribution in [0.4, 0.5) is 0 Å². The molecule has 2 aliphatic heterocycles. The summed E-state index contributed by atoms with van der Waals surface area (Å²) in [5, 5.41) is 11.9. The minimum atomic E-state index is -0.847. The topological polar surface area (TPSA) is 75.6 Å². The van der Waals surface area contributed by atoms with Crippen molar-refractivity contribution in [2.24, 2.45) is 11.8 Å². The molecule has 5 nitrogen and oxygen atoms in total. The van der Waals surface area contributed by atoms with Crippen molar-refractivity contribution >= 4 is 11.9 Å². The van der Waals surface area contributed by atoms with Crippen LogP contribution < -0.4 is 5.32 Å². The van der Waals surface area contributed by atoms with Crippen molar-refractivity contribution in [3.63, 3.8) is 0 Å². The number of hydrogen-bond donors (Lipinski definition) is 2. The van der Waals surface area contributed by atoms with Gasteiger partial charge in [0.15, 0.2) is 0 Å². The Labute approximate surface area is 99.5 Å². The van der Waals surface area contributed by atoms with Crippen LogP contribution >= 0.6 is 0 Å². The Bertz CT molecular complexity index is 356. The van der Waals surface area contributed by atoms with Crippen LogP contribution in [0.3, 0.4) is 0 Å². The third-order valence-electron chi connectivity index (χ3n) is 4.36. The van der Waals surface area contributed by atoms with E-state index in [4.69, 9.17) is 9.84 Å². The Balaban J connectivity index is 1.55. The van der Waals surface area contributed by atoms with Crippen LogP contribution in [0, 0.1) is 11.8 Å². The lowest BCUT2D eigenvalue weighted by molar-refractivity contribution is -0.153. The van der Waals surface area contributed by atoms with Gasteiger partial charge < -0.3 is 15.2 Å². The highest BCUT2D eigenvalue weighted by atomic mass is 16.5. The zero-order chi connectivity index (χ0) is 12.0. The van der Waals surface area contributed by atoms with Crippen LogP contribution in [0.2, 0.25) is 0 Å². The fraction of sp³-hybridized carbons (Fsp3) is 0.833. The molecule has 5 unspecified atom stereocenters. The molecule has 17 heavy (non-hydrogen) atoms. The zero-order valence-electron chi connectivity index (χ0n) is 9.59. The fourth-order valence-electron chi connectivity index (χ4n) is 3.19. The van der Waals surface area contributed by atoms with Crippen molar-refractivity contribution < 1.29 is 19.4 Å². The second-order valence-electron chi connectivity index (χ2n) is 5.35. The zero-order valence-corrected chi connectivity index (χ0v) is 9.59. The van der Waals surface area contributed by atoms with Crippen LogP contribution in [-0.4, -0.2) is 35.2 Å². The number of amides is 1.